The molecule has 132 valence electrons. The summed E-state index contributed by atoms with van der Waals surface area (Å²) in [5, 5.41) is 0. The van der Waals surface area contributed by atoms with E-state index in [0.717, 1.165) is 0 Å². The van der Waals surface area contributed by atoms with E-state index in [1.54, 1.807) is 9.80 Å². The standard InChI is InChI=1S/C16H28N2O5/c1-15(2,3)22-13(19)17-7-11-9-21-10-12(8-17)18(11)14(20)23-16(4,5)6/h11-12H,7-10H2,1-6H3. The number of ether oxygens (including phenoxy) is 3. The Labute approximate surface area is 137 Å². The van der Waals surface area contributed by atoms with Gasteiger partial charge in [-0.3, -0.25) is 4.90 Å². The summed E-state index contributed by atoms with van der Waals surface area (Å²) in [6.07, 6.45) is -0.696. The first-order chi connectivity index (χ1) is 10.5. The molecule has 0 N–H and O–H groups in total. The van der Waals surface area contributed by atoms with Crippen molar-refractivity contribution in [3.63, 3.8) is 0 Å². The van der Waals surface area contributed by atoms with Crippen LogP contribution in [-0.4, -0.2) is 71.6 Å². The molecular formula is C16H28N2O5. The smallest absolute Gasteiger partial charge is 0.411 e. The Morgan fingerprint density at radius 2 is 1.30 bits per heavy atom. The van der Waals surface area contributed by atoms with Crippen molar-refractivity contribution in [2.45, 2.75) is 64.8 Å². The van der Waals surface area contributed by atoms with Gasteiger partial charge in [0.1, 0.15) is 11.2 Å². The van der Waals surface area contributed by atoms with Gasteiger partial charge in [0, 0.05) is 13.1 Å². The van der Waals surface area contributed by atoms with E-state index in [1.807, 2.05) is 41.5 Å². The molecule has 0 aromatic heterocycles. The Hall–Kier alpha value is -1.50. The second-order valence-corrected chi connectivity index (χ2v) is 8.12. The molecule has 2 bridgehead atoms. The van der Waals surface area contributed by atoms with Crippen LogP contribution in [0.25, 0.3) is 0 Å². The summed E-state index contributed by atoms with van der Waals surface area (Å²) in [6.45, 7) is 12.6. The zero-order valence-corrected chi connectivity index (χ0v) is 14.9. The molecule has 2 heterocycles. The predicted molar refractivity (Wildman–Crippen MR) is 84.3 cm³/mol. The first-order valence-electron chi connectivity index (χ1n) is 8.03. The molecule has 2 amide bonds. The number of amides is 2. The van der Waals surface area contributed by atoms with E-state index < -0.39 is 11.2 Å². The molecule has 2 atom stereocenters. The molecule has 0 saturated carbocycles. The Bertz CT molecular complexity index is 452. The highest BCUT2D eigenvalue weighted by atomic mass is 16.6. The number of carbonyl (C=O) groups is 2. The summed E-state index contributed by atoms with van der Waals surface area (Å²) < 4.78 is 16.5. The van der Waals surface area contributed by atoms with Crippen LogP contribution in [0.2, 0.25) is 0 Å². The fourth-order valence-corrected chi connectivity index (χ4v) is 2.75. The van der Waals surface area contributed by atoms with Crippen molar-refractivity contribution < 1.29 is 23.8 Å². The molecular weight excluding hydrogens is 300 g/mol. The molecule has 2 unspecified atom stereocenters. The van der Waals surface area contributed by atoms with Gasteiger partial charge in [-0.2, -0.15) is 0 Å². The average molecular weight is 328 g/mol. The molecule has 2 rings (SSSR count). The van der Waals surface area contributed by atoms with Gasteiger partial charge < -0.3 is 19.1 Å². The third-order valence-corrected chi connectivity index (χ3v) is 3.53. The lowest BCUT2D eigenvalue weighted by molar-refractivity contribution is -0.0978. The molecule has 2 aliphatic rings. The van der Waals surface area contributed by atoms with Gasteiger partial charge in [0.25, 0.3) is 0 Å². The molecule has 0 aliphatic carbocycles. The van der Waals surface area contributed by atoms with Gasteiger partial charge in [0.15, 0.2) is 0 Å². The highest BCUT2D eigenvalue weighted by molar-refractivity contribution is 5.72. The lowest BCUT2D eigenvalue weighted by atomic mass is 10.1. The number of piperazine rings is 1. The molecule has 2 fully saturated rings. The minimum Gasteiger partial charge on any atom is -0.444 e. The molecule has 0 spiro atoms. The van der Waals surface area contributed by atoms with Crippen molar-refractivity contribution >= 4 is 12.2 Å². The molecule has 2 aliphatic heterocycles. The normalized spacial score (nSPS) is 25.1. The summed E-state index contributed by atoms with van der Waals surface area (Å²) in [6, 6.07) is -0.408. The molecule has 23 heavy (non-hydrogen) atoms. The van der Waals surface area contributed by atoms with Crippen molar-refractivity contribution in [3.05, 3.63) is 0 Å². The van der Waals surface area contributed by atoms with Crippen LogP contribution >= 0.6 is 0 Å². The second kappa shape index (κ2) is 6.19. The van der Waals surface area contributed by atoms with Gasteiger partial charge in [-0.15, -0.1) is 0 Å². The Kier molecular flexibility index (Phi) is 4.80. The van der Waals surface area contributed by atoms with Crippen molar-refractivity contribution in [1.29, 1.82) is 0 Å². The van der Waals surface area contributed by atoms with Crippen LogP contribution in [0.4, 0.5) is 9.59 Å². The van der Waals surface area contributed by atoms with Crippen molar-refractivity contribution in [2.24, 2.45) is 0 Å². The predicted octanol–water partition coefficient (Wildman–Crippen LogP) is 2.24. The first-order valence-corrected chi connectivity index (χ1v) is 8.03. The molecule has 0 aromatic rings. The summed E-state index contributed by atoms with van der Waals surface area (Å²) in [5.74, 6) is 0. The maximum atomic E-state index is 12.4. The van der Waals surface area contributed by atoms with Crippen LogP contribution in [0.3, 0.4) is 0 Å². The van der Waals surface area contributed by atoms with E-state index in [1.165, 1.54) is 0 Å². The van der Waals surface area contributed by atoms with Crippen LogP contribution in [0.15, 0.2) is 0 Å². The van der Waals surface area contributed by atoms with Crippen molar-refractivity contribution in [1.82, 2.24) is 9.80 Å². The fraction of sp³-hybridized carbons (Fsp3) is 0.875. The molecule has 0 radical (unpaired) electrons. The van der Waals surface area contributed by atoms with Gasteiger partial charge in [-0.1, -0.05) is 0 Å². The van der Waals surface area contributed by atoms with Crippen molar-refractivity contribution in [3.8, 4) is 0 Å². The number of fused-ring (bicyclic) bond motifs is 2. The Morgan fingerprint density at radius 3 is 1.74 bits per heavy atom. The summed E-state index contributed by atoms with van der Waals surface area (Å²) in [7, 11) is 0. The summed E-state index contributed by atoms with van der Waals surface area (Å²) in [4.78, 5) is 28.1. The minimum absolute atomic E-state index is 0.204. The summed E-state index contributed by atoms with van der Waals surface area (Å²) >= 11 is 0. The van der Waals surface area contributed by atoms with Crippen molar-refractivity contribution in [2.75, 3.05) is 26.3 Å². The Morgan fingerprint density at radius 1 is 0.870 bits per heavy atom. The van der Waals surface area contributed by atoms with Crippen LogP contribution < -0.4 is 0 Å². The number of nitrogens with zero attached hydrogens (tertiary/aromatic N) is 2. The van der Waals surface area contributed by atoms with Crippen LogP contribution in [0.5, 0.6) is 0 Å². The van der Waals surface area contributed by atoms with Gasteiger partial charge in [-0.05, 0) is 41.5 Å². The summed E-state index contributed by atoms with van der Waals surface area (Å²) in [5.41, 5.74) is -1.08. The second-order valence-electron chi connectivity index (χ2n) is 8.12. The molecule has 2 saturated heterocycles. The molecule has 0 aromatic carbocycles. The van der Waals surface area contributed by atoms with Gasteiger partial charge in [-0.25, -0.2) is 9.59 Å². The third kappa shape index (κ3) is 4.73. The topological polar surface area (TPSA) is 68.3 Å². The largest absolute Gasteiger partial charge is 0.444 e. The molecule has 7 nitrogen and oxygen atoms in total. The van der Waals surface area contributed by atoms with E-state index >= 15 is 0 Å². The Balaban J connectivity index is 2.06. The molecule has 7 heteroatoms. The van der Waals surface area contributed by atoms with E-state index in [-0.39, 0.29) is 24.3 Å². The van der Waals surface area contributed by atoms with E-state index in [4.69, 9.17) is 14.2 Å². The third-order valence-electron chi connectivity index (χ3n) is 3.53. The van der Waals surface area contributed by atoms with Gasteiger partial charge in [0.05, 0.1) is 25.3 Å². The lowest BCUT2D eigenvalue weighted by Gasteiger charge is -2.49. The van der Waals surface area contributed by atoms with Gasteiger partial charge >= 0.3 is 12.2 Å². The monoisotopic (exact) mass is 328 g/mol. The highest BCUT2D eigenvalue weighted by Gasteiger charge is 2.44. The van der Waals surface area contributed by atoms with Crippen LogP contribution in [-0.2, 0) is 14.2 Å². The zero-order chi connectivity index (χ0) is 17.4. The SMILES string of the molecule is CC(C)(C)OC(=O)N1CC2COCC(C1)N2C(=O)OC(C)(C)C. The zero-order valence-electron chi connectivity index (χ0n) is 14.9. The van der Waals surface area contributed by atoms with Crippen LogP contribution in [0, 0.1) is 0 Å². The number of hydrogen-bond acceptors (Lipinski definition) is 5. The lowest BCUT2D eigenvalue weighted by Crippen LogP contribution is -2.67. The minimum atomic E-state index is -0.547. The maximum absolute atomic E-state index is 12.4. The number of carbonyl (C=O) groups excluding carboxylic acids is 2. The van der Waals surface area contributed by atoms with E-state index in [2.05, 4.69) is 0 Å². The van der Waals surface area contributed by atoms with Gasteiger partial charge in [0.2, 0.25) is 0 Å². The number of rotatable bonds is 0. The fourth-order valence-electron chi connectivity index (χ4n) is 2.75. The quantitative estimate of drug-likeness (QED) is 0.682. The highest BCUT2D eigenvalue weighted by Crippen LogP contribution is 2.25. The number of hydrogen-bond donors (Lipinski definition) is 0. The number of morpholine rings is 1. The maximum Gasteiger partial charge on any atom is 0.411 e. The van der Waals surface area contributed by atoms with E-state index in [9.17, 15) is 9.59 Å². The van der Waals surface area contributed by atoms with Crippen LogP contribution in [0.1, 0.15) is 41.5 Å². The van der Waals surface area contributed by atoms with E-state index in [0.29, 0.717) is 26.3 Å². The first kappa shape index (κ1) is 17.8. The average Bonchev–Trinajstić information content (AvgIpc) is 2.32.